The van der Waals surface area contributed by atoms with E-state index in [0.29, 0.717) is 30.0 Å². The molecule has 0 aliphatic rings. The number of carbonyl (C=O) groups excluding carboxylic acids is 1. The van der Waals surface area contributed by atoms with Crippen LogP contribution in [0, 0.1) is 0 Å². The Morgan fingerprint density at radius 2 is 2.00 bits per heavy atom. The van der Waals surface area contributed by atoms with Crippen molar-refractivity contribution in [1.29, 1.82) is 0 Å². The molecule has 6 heteroatoms. The van der Waals surface area contributed by atoms with Gasteiger partial charge >= 0.3 is 0 Å². The summed E-state index contributed by atoms with van der Waals surface area (Å²) >= 11 is 16.4. The molecule has 2 N–H and O–H groups in total. The number of nitrogens with two attached hydrogens (primary N) is 1. The summed E-state index contributed by atoms with van der Waals surface area (Å²) in [6.07, 6.45) is 0. The Balaban J connectivity index is 2.51. The van der Waals surface area contributed by atoms with Crippen LogP contribution in [0.1, 0.15) is 15.2 Å². The quantitative estimate of drug-likeness (QED) is 0.633. The van der Waals surface area contributed by atoms with Gasteiger partial charge in [0.2, 0.25) is 5.78 Å². The van der Waals surface area contributed by atoms with Crippen molar-refractivity contribution in [3.05, 3.63) is 48.5 Å². The Labute approximate surface area is 120 Å². The lowest BCUT2D eigenvalue weighted by molar-refractivity contribution is 0.104. The van der Waals surface area contributed by atoms with Crippen LogP contribution in [-0.4, -0.2) is 5.78 Å². The number of ketones is 1. The van der Waals surface area contributed by atoms with Crippen molar-refractivity contribution in [2.24, 2.45) is 0 Å². The van der Waals surface area contributed by atoms with Crippen LogP contribution in [-0.2, 0) is 0 Å². The third kappa shape index (κ3) is 2.50. The maximum Gasteiger partial charge on any atom is 0.206 e. The van der Waals surface area contributed by atoms with E-state index in [2.05, 4.69) is 15.9 Å². The van der Waals surface area contributed by atoms with E-state index in [0.717, 1.165) is 0 Å². The van der Waals surface area contributed by atoms with Gasteiger partial charge in [0.1, 0.15) is 0 Å². The SMILES string of the molecule is Nc1cccc(Cl)c1C(=O)c1cc(Cl)c(Br)s1. The number of anilines is 1. The lowest BCUT2D eigenvalue weighted by Crippen LogP contribution is -2.04. The second-order valence-electron chi connectivity index (χ2n) is 3.27. The van der Waals surface area contributed by atoms with Crippen LogP contribution in [0.4, 0.5) is 5.69 Å². The van der Waals surface area contributed by atoms with Crippen LogP contribution >= 0.6 is 50.5 Å². The molecule has 0 fully saturated rings. The van der Waals surface area contributed by atoms with Gasteiger partial charge in [0.15, 0.2) is 0 Å². The summed E-state index contributed by atoms with van der Waals surface area (Å²) in [6.45, 7) is 0. The molecule has 17 heavy (non-hydrogen) atoms. The summed E-state index contributed by atoms with van der Waals surface area (Å²) in [7, 11) is 0. The molecule has 0 atom stereocenters. The van der Waals surface area contributed by atoms with E-state index in [1.165, 1.54) is 11.3 Å². The van der Waals surface area contributed by atoms with E-state index < -0.39 is 0 Å². The molecule has 0 aliphatic heterocycles. The van der Waals surface area contributed by atoms with Crippen LogP contribution in [0.3, 0.4) is 0 Å². The minimum absolute atomic E-state index is 0.217. The summed E-state index contributed by atoms with van der Waals surface area (Å²) < 4.78 is 0.716. The number of hydrogen-bond acceptors (Lipinski definition) is 3. The Kier molecular flexibility index (Phi) is 3.78. The first-order chi connectivity index (χ1) is 8.00. The van der Waals surface area contributed by atoms with E-state index in [4.69, 9.17) is 28.9 Å². The minimum Gasteiger partial charge on any atom is -0.398 e. The molecule has 0 radical (unpaired) electrons. The van der Waals surface area contributed by atoms with Crippen molar-refractivity contribution in [3.8, 4) is 0 Å². The van der Waals surface area contributed by atoms with Crippen LogP contribution in [0.15, 0.2) is 28.1 Å². The monoisotopic (exact) mass is 349 g/mol. The predicted molar refractivity (Wildman–Crippen MR) is 76.3 cm³/mol. The molecule has 0 aliphatic carbocycles. The third-order valence-electron chi connectivity index (χ3n) is 2.14. The first kappa shape index (κ1) is 12.9. The zero-order valence-corrected chi connectivity index (χ0v) is 12.3. The van der Waals surface area contributed by atoms with Gasteiger partial charge < -0.3 is 5.73 Å². The van der Waals surface area contributed by atoms with Gasteiger partial charge in [-0.25, -0.2) is 0 Å². The molecule has 0 saturated heterocycles. The smallest absolute Gasteiger partial charge is 0.206 e. The number of benzene rings is 1. The molecule has 2 rings (SSSR count). The predicted octanol–water partition coefficient (Wildman–Crippen LogP) is 4.63. The van der Waals surface area contributed by atoms with Crippen molar-refractivity contribution in [2.45, 2.75) is 0 Å². The van der Waals surface area contributed by atoms with Crippen molar-refractivity contribution in [2.75, 3.05) is 5.73 Å². The van der Waals surface area contributed by atoms with E-state index >= 15 is 0 Å². The summed E-state index contributed by atoms with van der Waals surface area (Å²) in [5.74, 6) is -0.217. The molecule has 0 bridgehead atoms. The Bertz CT molecular complexity index is 557. The maximum atomic E-state index is 12.2. The highest BCUT2D eigenvalue weighted by Gasteiger charge is 2.19. The zero-order chi connectivity index (χ0) is 12.6. The second kappa shape index (κ2) is 4.98. The molecule has 1 aromatic heterocycles. The molecule has 0 spiro atoms. The topological polar surface area (TPSA) is 43.1 Å². The van der Waals surface area contributed by atoms with Crippen LogP contribution in [0.5, 0.6) is 0 Å². The maximum absolute atomic E-state index is 12.2. The molecule has 0 amide bonds. The number of thiophene rings is 1. The van der Waals surface area contributed by atoms with Crippen LogP contribution in [0.2, 0.25) is 10.0 Å². The largest absolute Gasteiger partial charge is 0.398 e. The zero-order valence-electron chi connectivity index (χ0n) is 8.34. The summed E-state index contributed by atoms with van der Waals surface area (Å²) in [4.78, 5) is 12.7. The number of rotatable bonds is 2. The van der Waals surface area contributed by atoms with E-state index in [1.54, 1.807) is 24.3 Å². The number of carbonyl (C=O) groups is 1. The molecule has 88 valence electrons. The molecular formula is C11H6BrCl2NOS. The van der Waals surface area contributed by atoms with Gasteiger partial charge in [-0.15, -0.1) is 11.3 Å². The second-order valence-corrected chi connectivity index (χ2v) is 6.45. The van der Waals surface area contributed by atoms with Gasteiger partial charge in [-0.2, -0.15) is 0 Å². The molecule has 0 saturated carbocycles. The average molecular weight is 351 g/mol. The highest BCUT2D eigenvalue weighted by molar-refractivity contribution is 9.11. The average Bonchev–Trinajstić information content (AvgIpc) is 2.59. The lowest BCUT2D eigenvalue weighted by atomic mass is 10.1. The van der Waals surface area contributed by atoms with E-state index in [9.17, 15) is 4.79 Å². The Morgan fingerprint density at radius 3 is 2.53 bits per heavy atom. The number of nitrogen functional groups attached to an aromatic ring is 1. The highest BCUT2D eigenvalue weighted by Crippen LogP contribution is 2.35. The highest BCUT2D eigenvalue weighted by atomic mass is 79.9. The first-order valence-electron chi connectivity index (χ1n) is 4.54. The fraction of sp³-hybridized carbons (Fsp3) is 0. The normalized spacial score (nSPS) is 10.5. The van der Waals surface area contributed by atoms with Crippen LogP contribution < -0.4 is 5.73 Å². The van der Waals surface area contributed by atoms with Gasteiger partial charge in [-0.05, 0) is 34.1 Å². The molecular weight excluding hydrogens is 345 g/mol. The summed E-state index contributed by atoms with van der Waals surface area (Å²) in [6, 6.07) is 6.58. The molecule has 1 aromatic carbocycles. The van der Waals surface area contributed by atoms with Crippen LogP contribution in [0.25, 0.3) is 0 Å². The fourth-order valence-electron chi connectivity index (χ4n) is 1.36. The van der Waals surface area contributed by atoms with Gasteiger partial charge in [-0.1, -0.05) is 29.3 Å². The minimum atomic E-state index is -0.217. The van der Waals surface area contributed by atoms with Gasteiger partial charge in [0.25, 0.3) is 0 Å². The number of hydrogen-bond donors (Lipinski definition) is 1. The van der Waals surface area contributed by atoms with Crippen molar-refractivity contribution in [1.82, 2.24) is 0 Å². The van der Waals surface area contributed by atoms with Gasteiger partial charge in [-0.3, -0.25) is 4.79 Å². The summed E-state index contributed by atoms with van der Waals surface area (Å²) in [5.41, 5.74) is 6.44. The van der Waals surface area contributed by atoms with Crippen molar-refractivity contribution < 1.29 is 4.79 Å². The standard InChI is InChI=1S/C11H6BrCl2NOS/c12-11-6(14)4-8(17-11)10(16)9-5(13)2-1-3-7(9)15/h1-4H,15H2. The van der Waals surface area contributed by atoms with E-state index in [1.807, 2.05) is 0 Å². The molecule has 0 unspecified atom stereocenters. The molecule has 2 aromatic rings. The fourth-order valence-corrected chi connectivity index (χ4v) is 3.28. The summed E-state index contributed by atoms with van der Waals surface area (Å²) in [5, 5.41) is 0.847. The van der Waals surface area contributed by atoms with Crippen molar-refractivity contribution >= 4 is 61.9 Å². The van der Waals surface area contributed by atoms with Gasteiger partial charge in [0.05, 0.1) is 24.3 Å². The molecule has 2 nitrogen and oxygen atoms in total. The first-order valence-corrected chi connectivity index (χ1v) is 6.90. The lowest BCUT2D eigenvalue weighted by Gasteiger charge is -2.04. The molecule has 1 heterocycles. The van der Waals surface area contributed by atoms with E-state index in [-0.39, 0.29) is 5.78 Å². The Morgan fingerprint density at radius 1 is 1.29 bits per heavy atom. The third-order valence-corrected chi connectivity index (χ3v) is 4.93. The Hall–Kier alpha value is -0.550. The van der Waals surface area contributed by atoms with Crippen molar-refractivity contribution in [3.63, 3.8) is 0 Å². The van der Waals surface area contributed by atoms with Gasteiger partial charge in [0, 0.05) is 5.69 Å². The number of halogens is 3.